The molecular weight excluding hydrogens is 214 g/mol. The van der Waals surface area contributed by atoms with Crippen LogP contribution in [-0.4, -0.2) is 11.0 Å². The molecule has 1 unspecified atom stereocenters. The fraction of sp³-hybridized carbons (Fsp3) is 1.00. The van der Waals surface area contributed by atoms with Gasteiger partial charge >= 0.3 is 0 Å². The fourth-order valence-electron chi connectivity index (χ4n) is 0. The van der Waals surface area contributed by atoms with Gasteiger partial charge in [-0.2, -0.15) is 23.4 Å². The van der Waals surface area contributed by atoms with Gasteiger partial charge in [-0.3, -0.25) is 0 Å². The van der Waals surface area contributed by atoms with Gasteiger partial charge in [0.05, 0.1) is 0 Å². The van der Waals surface area contributed by atoms with Crippen LogP contribution in [0.2, 0.25) is 0 Å². The molecule has 0 fully saturated rings. The second kappa shape index (κ2) is 61.8. The van der Waals surface area contributed by atoms with Crippen LogP contribution < -0.4 is 0 Å². The van der Waals surface area contributed by atoms with E-state index in [0.717, 1.165) is 0 Å². The predicted octanol–water partition coefficient (Wildman–Crippen LogP) is 0.421. The minimum atomic E-state index is 0. The van der Waals surface area contributed by atoms with E-state index in [0.29, 0.717) is 0 Å². The molecule has 0 aromatic carbocycles. The van der Waals surface area contributed by atoms with Crippen LogP contribution in [0.3, 0.4) is 0 Å². The Morgan fingerprint density at radius 2 is 1.00 bits per heavy atom. The summed E-state index contributed by atoms with van der Waals surface area (Å²) >= 11 is 0. The van der Waals surface area contributed by atoms with Crippen LogP contribution in [0, 0.1) is 0 Å². The maximum Gasteiger partial charge on any atom is 0 e. The zero-order valence-corrected chi connectivity index (χ0v) is 8.14. The quantitative estimate of drug-likeness (QED) is 0.412. The normalized spacial score (nSPS) is 0. The monoisotopic (exact) mass is 223 g/mol. The van der Waals surface area contributed by atoms with Gasteiger partial charge < -0.3 is 0 Å². The minimum Gasteiger partial charge on any atom is -0.197 e. The van der Waals surface area contributed by atoms with Gasteiger partial charge in [0.15, 0.2) is 0 Å². The molecule has 0 heterocycles. The molecule has 0 spiro atoms. The summed E-state index contributed by atoms with van der Waals surface area (Å²) in [5, 5.41) is 0. The van der Waals surface area contributed by atoms with Gasteiger partial charge in [0.2, 0.25) is 0 Å². The van der Waals surface area contributed by atoms with Gasteiger partial charge in [0, 0.05) is 45.1 Å². The Balaban J connectivity index is 0. The summed E-state index contributed by atoms with van der Waals surface area (Å²) in [7, 11) is 0. The molecule has 43 valence electrons. The minimum absolute atomic E-state index is 0. The van der Waals surface area contributed by atoms with Gasteiger partial charge in [-0.05, 0) is 0 Å². The molecule has 0 nitrogen and oxygen atoms in total. The molecule has 0 saturated heterocycles. The van der Waals surface area contributed by atoms with Crippen molar-refractivity contribution in [2.45, 2.75) is 7.43 Å². The van der Waals surface area contributed by atoms with E-state index >= 15 is 0 Å². The SMILES string of the molecule is C.P.S.[Fe].[Mn].[Si]. The molecule has 1 atom stereocenters. The van der Waals surface area contributed by atoms with E-state index < -0.39 is 0 Å². The molecule has 0 amide bonds. The van der Waals surface area contributed by atoms with Crippen molar-refractivity contribution in [2.75, 3.05) is 0 Å². The van der Waals surface area contributed by atoms with Crippen molar-refractivity contribution in [3.63, 3.8) is 0 Å². The number of rotatable bonds is 0. The number of hydrogen-bond donors (Lipinski definition) is 0. The molecule has 0 bridgehead atoms. The first-order valence-electron chi connectivity index (χ1n) is 0. The van der Waals surface area contributed by atoms with Crippen LogP contribution in [0.4, 0.5) is 0 Å². The van der Waals surface area contributed by atoms with E-state index in [2.05, 4.69) is 0 Å². The zero-order chi connectivity index (χ0) is 0. The van der Waals surface area contributed by atoms with Crippen LogP contribution in [-0.2, 0) is 34.1 Å². The Kier molecular flexibility index (Phi) is 989. The van der Waals surface area contributed by atoms with Crippen molar-refractivity contribution >= 4 is 34.4 Å². The van der Waals surface area contributed by atoms with Gasteiger partial charge in [-0.15, -0.1) is 0 Å². The Bertz CT molecular complexity index is 15.5. The van der Waals surface area contributed by atoms with E-state index in [9.17, 15) is 0 Å². The third kappa shape index (κ3) is 36.9. The van der Waals surface area contributed by atoms with E-state index in [-0.39, 0.29) is 75.9 Å². The second-order valence-electron chi connectivity index (χ2n) is 0. The molecule has 0 rings (SSSR count). The van der Waals surface area contributed by atoms with Crippen LogP contribution in [0.1, 0.15) is 7.43 Å². The zero-order valence-electron chi connectivity index (χ0n) is 2.44. The molecule has 5 heteroatoms. The Labute approximate surface area is 75.6 Å². The van der Waals surface area contributed by atoms with Crippen LogP contribution >= 0.6 is 23.4 Å². The summed E-state index contributed by atoms with van der Waals surface area (Å²) in [6.07, 6.45) is 0. The maximum atomic E-state index is 0. The molecule has 0 aromatic rings. The van der Waals surface area contributed by atoms with Crippen LogP contribution in [0.5, 0.6) is 0 Å². The van der Waals surface area contributed by atoms with E-state index in [1.54, 1.807) is 0 Å². The van der Waals surface area contributed by atoms with Crippen LogP contribution in [0.15, 0.2) is 0 Å². The molecular formula is CH9FeMnPSSi. The molecule has 0 N–H and O–H groups in total. The second-order valence-corrected chi connectivity index (χ2v) is 0. The molecule has 0 saturated carbocycles. The van der Waals surface area contributed by atoms with Gasteiger partial charge in [0.25, 0.3) is 0 Å². The first kappa shape index (κ1) is 96.0. The average Bonchev–Trinajstić information content (AvgIpc) is 0. The molecule has 6 heavy (non-hydrogen) atoms. The first-order valence-corrected chi connectivity index (χ1v) is 0. The Hall–Kier alpha value is 2.04. The summed E-state index contributed by atoms with van der Waals surface area (Å²) < 4.78 is 0. The summed E-state index contributed by atoms with van der Waals surface area (Å²) in [6, 6.07) is 0. The van der Waals surface area contributed by atoms with Crippen molar-refractivity contribution < 1.29 is 34.1 Å². The number of hydrogen-bond acceptors (Lipinski definition) is 0. The summed E-state index contributed by atoms with van der Waals surface area (Å²) in [5.74, 6) is 0. The summed E-state index contributed by atoms with van der Waals surface area (Å²) in [5.41, 5.74) is 0. The van der Waals surface area contributed by atoms with Gasteiger partial charge in [0.1, 0.15) is 0 Å². The average molecular weight is 223 g/mol. The fourth-order valence-corrected chi connectivity index (χ4v) is 0. The van der Waals surface area contributed by atoms with Crippen molar-refractivity contribution in [1.82, 2.24) is 0 Å². The standard InChI is InChI=1S/CH4.Fe.Mn.H3P.H2S.Si/h1H4;;;1H3;1H2;. The molecule has 5 radical (unpaired) electrons. The van der Waals surface area contributed by atoms with Crippen molar-refractivity contribution in [3.05, 3.63) is 0 Å². The summed E-state index contributed by atoms with van der Waals surface area (Å²) in [6.45, 7) is 0. The molecule has 0 aliphatic heterocycles. The third-order valence-corrected chi connectivity index (χ3v) is 0. The van der Waals surface area contributed by atoms with Crippen LogP contribution in [0.25, 0.3) is 0 Å². The Morgan fingerprint density at radius 1 is 1.00 bits per heavy atom. The molecule has 0 aliphatic rings. The van der Waals surface area contributed by atoms with Gasteiger partial charge in [-0.1, -0.05) is 7.43 Å². The smallest absolute Gasteiger partial charge is 0 e. The largest absolute Gasteiger partial charge is 0.197 e. The summed E-state index contributed by atoms with van der Waals surface area (Å²) in [4.78, 5) is 0. The predicted molar refractivity (Wildman–Crippen MR) is 34.0 cm³/mol. The maximum absolute atomic E-state index is 0. The van der Waals surface area contributed by atoms with E-state index in [4.69, 9.17) is 0 Å². The van der Waals surface area contributed by atoms with Crippen molar-refractivity contribution in [3.8, 4) is 0 Å². The van der Waals surface area contributed by atoms with E-state index in [1.165, 1.54) is 0 Å². The Morgan fingerprint density at radius 3 is 1.00 bits per heavy atom. The van der Waals surface area contributed by atoms with E-state index in [1.807, 2.05) is 0 Å². The molecule has 0 aliphatic carbocycles. The van der Waals surface area contributed by atoms with Gasteiger partial charge in [-0.25, -0.2) is 0 Å². The van der Waals surface area contributed by atoms with Crippen molar-refractivity contribution in [2.24, 2.45) is 0 Å². The van der Waals surface area contributed by atoms with Crippen molar-refractivity contribution in [1.29, 1.82) is 0 Å². The first-order chi connectivity index (χ1) is 0. The third-order valence-electron chi connectivity index (χ3n) is 0. The molecule has 0 aromatic heterocycles. The topological polar surface area (TPSA) is 0 Å².